The smallest absolute Gasteiger partial charge is 0.321 e. The molecule has 1 aromatic rings. The maximum Gasteiger partial charge on any atom is 0.321 e. The van der Waals surface area contributed by atoms with Crippen molar-refractivity contribution in [3.05, 3.63) is 30.1 Å². The molecule has 0 spiro atoms. The second-order valence-electron chi connectivity index (χ2n) is 4.21. The van der Waals surface area contributed by atoms with Crippen molar-refractivity contribution in [1.29, 1.82) is 0 Å². The first-order valence-electron chi connectivity index (χ1n) is 6.18. The van der Waals surface area contributed by atoms with Crippen LogP contribution in [0.5, 0.6) is 0 Å². The molecule has 0 bridgehead atoms. The summed E-state index contributed by atoms with van der Waals surface area (Å²) in [7, 11) is -4.30. The molecule has 0 saturated heterocycles. The van der Waals surface area contributed by atoms with Crippen LogP contribution in [-0.2, 0) is 24.3 Å². The van der Waals surface area contributed by atoms with E-state index in [4.69, 9.17) is 0 Å². The van der Waals surface area contributed by atoms with Crippen LogP contribution in [0.3, 0.4) is 0 Å². The second-order valence-corrected chi connectivity index (χ2v) is 6.12. The number of nitrogens with zero attached hydrogens (tertiary/aromatic N) is 1. The molecule has 0 aromatic heterocycles. The second kappa shape index (κ2) is 7.28. The predicted molar refractivity (Wildman–Crippen MR) is 72.5 cm³/mol. The minimum atomic E-state index is -4.30. The first kappa shape index (κ1) is 17.3. The zero-order chi connectivity index (χ0) is 16.0. The number of benzene rings is 1. The van der Waals surface area contributed by atoms with Gasteiger partial charge in [-0.2, -0.15) is 4.31 Å². The average Bonchev–Trinajstić information content (AvgIpc) is 2.38. The Bertz CT molecular complexity index is 629. The van der Waals surface area contributed by atoms with E-state index >= 15 is 0 Å². The van der Waals surface area contributed by atoms with Crippen molar-refractivity contribution in [1.82, 2.24) is 4.31 Å². The SMILES string of the molecule is CCOC(=O)CN(CC(C)=O)S(=O)(=O)c1ccccc1F. The van der Waals surface area contributed by atoms with Crippen LogP contribution >= 0.6 is 0 Å². The molecule has 116 valence electrons. The molecule has 0 aliphatic carbocycles. The Balaban J connectivity index is 3.15. The maximum atomic E-state index is 13.7. The van der Waals surface area contributed by atoms with Crippen LogP contribution in [0.1, 0.15) is 13.8 Å². The summed E-state index contributed by atoms with van der Waals surface area (Å²) < 4.78 is 43.6. The van der Waals surface area contributed by atoms with Gasteiger partial charge in [-0.15, -0.1) is 0 Å². The van der Waals surface area contributed by atoms with Crippen molar-refractivity contribution >= 4 is 21.8 Å². The van der Waals surface area contributed by atoms with Crippen LogP contribution in [-0.4, -0.2) is 44.2 Å². The van der Waals surface area contributed by atoms with Crippen LogP contribution in [0.25, 0.3) is 0 Å². The van der Waals surface area contributed by atoms with Crippen molar-refractivity contribution in [2.45, 2.75) is 18.7 Å². The lowest BCUT2D eigenvalue weighted by molar-refractivity contribution is -0.143. The van der Waals surface area contributed by atoms with Crippen molar-refractivity contribution in [2.24, 2.45) is 0 Å². The molecule has 0 saturated carbocycles. The Hall–Kier alpha value is -1.80. The van der Waals surface area contributed by atoms with Gasteiger partial charge < -0.3 is 4.74 Å². The van der Waals surface area contributed by atoms with Gasteiger partial charge in [-0.25, -0.2) is 12.8 Å². The van der Waals surface area contributed by atoms with E-state index in [-0.39, 0.29) is 6.61 Å². The molecule has 0 radical (unpaired) electrons. The number of halogens is 1. The van der Waals surface area contributed by atoms with Gasteiger partial charge in [0.15, 0.2) is 0 Å². The quantitative estimate of drug-likeness (QED) is 0.700. The summed E-state index contributed by atoms with van der Waals surface area (Å²) in [5.74, 6) is -2.23. The molecule has 0 unspecified atom stereocenters. The number of hydrogen-bond donors (Lipinski definition) is 0. The third-order valence-corrected chi connectivity index (χ3v) is 4.29. The maximum absolute atomic E-state index is 13.7. The van der Waals surface area contributed by atoms with Gasteiger partial charge in [0.05, 0.1) is 13.2 Å². The minimum absolute atomic E-state index is 0.0759. The van der Waals surface area contributed by atoms with Gasteiger partial charge in [-0.05, 0) is 26.0 Å². The van der Waals surface area contributed by atoms with Crippen molar-refractivity contribution in [2.75, 3.05) is 19.7 Å². The number of carbonyl (C=O) groups is 2. The number of rotatable bonds is 7. The number of carbonyl (C=O) groups excluding carboxylic acids is 2. The van der Waals surface area contributed by atoms with E-state index in [9.17, 15) is 22.4 Å². The molecule has 1 aromatic carbocycles. The lowest BCUT2D eigenvalue weighted by atomic mass is 10.3. The summed E-state index contributed by atoms with van der Waals surface area (Å²) in [4.78, 5) is 22.1. The fourth-order valence-corrected chi connectivity index (χ4v) is 3.09. The molecule has 0 amide bonds. The molecule has 0 N–H and O–H groups in total. The number of Topliss-reactive ketones (excluding diaryl/α,β-unsaturated/α-hetero) is 1. The highest BCUT2D eigenvalue weighted by Crippen LogP contribution is 2.18. The Kier molecular flexibility index (Phi) is 5.98. The van der Waals surface area contributed by atoms with Crippen molar-refractivity contribution in [3.63, 3.8) is 0 Å². The molecular weight excluding hydrogens is 301 g/mol. The number of ether oxygens (including phenoxy) is 1. The monoisotopic (exact) mass is 317 g/mol. The molecule has 8 heteroatoms. The van der Waals surface area contributed by atoms with E-state index in [0.717, 1.165) is 12.1 Å². The first-order chi connectivity index (χ1) is 9.78. The van der Waals surface area contributed by atoms with Gasteiger partial charge in [0.25, 0.3) is 0 Å². The summed E-state index contributed by atoms with van der Waals surface area (Å²) in [6, 6.07) is 4.76. The van der Waals surface area contributed by atoms with Gasteiger partial charge in [0, 0.05) is 0 Å². The van der Waals surface area contributed by atoms with Crippen LogP contribution in [0.4, 0.5) is 4.39 Å². The molecular formula is C13H16FNO5S. The highest BCUT2D eigenvalue weighted by atomic mass is 32.2. The van der Waals surface area contributed by atoms with E-state index < -0.39 is 45.6 Å². The molecule has 0 atom stereocenters. The summed E-state index contributed by atoms with van der Waals surface area (Å²) >= 11 is 0. The standard InChI is InChI=1S/C13H16FNO5S/c1-3-20-13(17)9-15(8-10(2)16)21(18,19)12-7-5-4-6-11(12)14/h4-7H,3,8-9H2,1-2H3. The zero-order valence-corrected chi connectivity index (χ0v) is 12.5. The molecule has 21 heavy (non-hydrogen) atoms. The van der Waals surface area contributed by atoms with E-state index in [1.165, 1.54) is 19.1 Å². The number of ketones is 1. The van der Waals surface area contributed by atoms with E-state index in [1.807, 2.05) is 0 Å². The number of esters is 1. The zero-order valence-electron chi connectivity index (χ0n) is 11.7. The van der Waals surface area contributed by atoms with Gasteiger partial charge in [0.2, 0.25) is 10.0 Å². The average molecular weight is 317 g/mol. The molecule has 0 heterocycles. The van der Waals surface area contributed by atoms with Crippen LogP contribution in [0.2, 0.25) is 0 Å². The van der Waals surface area contributed by atoms with Crippen LogP contribution < -0.4 is 0 Å². The van der Waals surface area contributed by atoms with Crippen molar-refractivity contribution in [3.8, 4) is 0 Å². The molecule has 0 aliphatic rings. The Morgan fingerprint density at radius 1 is 1.24 bits per heavy atom. The summed E-state index contributed by atoms with van der Waals surface area (Å²) in [6.07, 6.45) is 0. The molecule has 6 nitrogen and oxygen atoms in total. The van der Waals surface area contributed by atoms with Crippen LogP contribution in [0, 0.1) is 5.82 Å². The molecule has 0 aliphatic heterocycles. The van der Waals surface area contributed by atoms with E-state index in [1.54, 1.807) is 6.92 Å². The fourth-order valence-electron chi connectivity index (χ4n) is 1.62. The summed E-state index contributed by atoms with van der Waals surface area (Å²) in [5.41, 5.74) is 0. The lowest BCUT2D eigenvalue weighted by Gasteiger charge is -2.20. The number of sulfonamides is 1. The van der Waals surface area contributed by atoms with Crippen molar-refractivity contribution < 1.29 is 27.1 Å². The Morgan fingerprint density at radius 3 is 2.38 bits per heavy atom. The molecule has 0 fully saturated rings. The topological polar surface area (TPSA) is 80.8 Å². The highest BCUT2D eigenvalue weighted by molar-refractivity contribution is 7.89. The first-order valence-corrected chi connectivity index (χ1v) is 7.62. The summed E-state index contributed by atoms with van der Waals surface area (Å²) in [6.45, 7) is 1.64. The Labute approximate surface area is 122 Å². The van der Waals surface area contributed by atoms with Crippen LogP contribution in [0.15, 0.2) is 29.2 Å². The molecule has 1 rings (SSSR count). The van der Waals surface area contributed by atoms with Gasteiger partial charge in [-0.1, -0.05) is 12.1 Å². The van der Waals surface area contributed by atoms with Gasteiger partial charge >= 0.3 is 5.97 Å². The minimum Gasteiger partial charge on any atom is -0.465 e. The van der Waals surface area contributed by atoms with Gasteiger partial charge in [0.1, 0.15) is 23.0 Å². The Morgan fingerprint density at radius 2 is 1.86 bits per heavy atom. The normalized spacial score (nSPS) is 11.4. The third kappa shape index (κ3) is 4.61. The highest BCUT2D eigenvalue weighted by Gasteiger charge is 2.30. The lowest BCUT2D eigenvalue weighted by Crippen LogP contribution is -2.39. The number of hydrogen-bond acceptors (Lipinski definition) is 5. The predicted octanol–water partition coefficient (Wildman–Crippen LogP) is 0.968. The fraction of sp³-hybridized carbons (Fsp3) is 0.385. The van der Waals surface area contributed by atoms with E-state index in [2.05, 4.69) is 4.74 Å². The van der Waals surface area contributed by atoms with E-state index in [0.29, 0.717) is 4.31 Å². The third-order valence-electron chi connectivity index (χ3n) is 2.46. The summed E-state index contributed by atoms with van der Waals surface area (Å²) in [5, 5.41) is 0. The van der Waals surface area contributed by atoms with Gasteiger partial charge in [-0.3, -0.25) is 9.59 Å². The largest absolute Gasteiger partial charge is 0.465 e.